The van der Waals surface area contributed by atoms with Crippen molar-refractivity contribution in [2.24, 2.45) is 0 Å². The molecule has 160 valence electrons. The zero-order valence-electron chi connectivity index (χ0n) is 16.7. The quantitative estimate of drug-likeness (QED) is 0.502. The van der Waals surface area contributed by atoms with E-state index in [1.165, 1.54) is 23.1 Å². The number of amides is 2. The van der Waals surface area contributed by atoms with Crippen LogP contribution in [-0.4, -0.2) is 57.8 Å². The van der Waals surface area contributed by atoms with Crippen LogP contribution in [0.15, 0.2) is 62.4 Å². The number of nitrogens with one attached hydrogen (secondary N) is 1. The van der Waals surface area contributed by atoms with Crippen LogP contribution < -0.4 is 5.32 Å². The van der Waals surface area contributed by atoms with E-state index in [1.54, 1.807) is 18.0 Å². The van der Waals surface area contributed by atoms with Crippen LogP contribution >= 0.6 is 39.0 Å². The minimum Gasteiger partial charge on any atom is -0.339 e. The molecule has 3 aromatic rings. The number of carbonyl (C=O) groups excluding carboxylic acids is 2. The molecule has 2 amide bonds. The molecule has 0 bridgehead atoms. The lowest BCUT2D eigenvalue weighted by atomic mass is 10.2. The smallest absolute Gasteiger partial charge is 0.255 e. The van der Waals surface area contributed by atoms with Crippen molar-refractivity contribution in [3.63, 3.8) is 0 Å². The Kier molecular flexibility index (Phi) is 6.89. The van der Waals surface area contributed by atoms with Crippen molar-refractivity contribution in [1.82, 2.24) is 19.8 Å². The Labute approximate surface area is 197 Å². The van der Waals surface area contributed by atoms with Crippen molar-refractivity contribution in [3.05, 3.63) is 58.8 Å². The predicted molar refractivity (Wildman–Crippen MR) is 126 cm³/mol. The Morgan fingerprint density at radius 2 is 1.81 bits per heavy atom. The monoisotopic (exact) mass is 517 g/mol. The number of rotatable bonds is 5. The molecule has 3 heterocycles. The van der Waals surface area contributed by atoms with Gasteiger partial charge in [0, 0.05) is 38.0 Å². The van der Waals surface area contributed by atoms with Crippen LogP contribution in [0.3, 0.4) is 0 Å². The summed E-state index contributed by atoms with van der Waals surface area (Å²) in [4.78, 5) is 37.9. The summed E-state index contributed by atoms with van der Waals surface area (Å²) in [5, 5.41) is 3.93. The predicted octanol–water partition coefficient (Wildman–Crippen LogP) is 4.50. The number of thiazole rings is 1. The highest BCUT2D eigenvalue weighted by Crippen LogP contribution is 2.36. The maximum Gasteiger partial charge on any atom is 0.255 e. The van der Waals surface area contributed by atoms with E-state index in [2.05, 4.69) is 31.2 Å². The molecule has 0 spiro atoms. The number of anilines is 2. The lowest BCUT2D eigenvalue weighted by molar-refractivity contribution is -0.130. The summed E-state index contributed by atoms with van der Waals surface area (Å²) >= 11 is 6.39. The largest absolute Gasteiger partial charge is 0.339 e. The van der Waals surface area contributed by atoms with E-state index in [0.29, 0.717) is 37.6 Å². The lowest BCUT2D eigenvalue weighted by Gasteiger charge is -2.34. The number of aromatic nitrogens is 2. The van der Waals surface area contributed by atoms with Gasteiger partial charge in [-0.05, 0) is 40.2 Å². The van der Waals surface area contributed by atoms with E-state index >= 15 is 0 Å². The molecule has 1 saturated heterocycles. The second kappa shape index (κ2) is 9.80. The molecule has 0 atom stereocenters. The molecule has 0 radical (unpaired) electrons. The summed E-state index contributed by atoms with van der Waals surface area (Å²) in [5.41, 5.74) is 0.667. The summed E-state index contributed by atoms with van der Waals surface area (Å²) in [6.07, 6.45) is 1.79. The minimum atomic E-state index is -0.00694. The fourth-order valence-electron chi connectivity index (χ4n) is 3.19. The zero-order chi connectivity index (χ0) is 21.8. The van der Waals surface area contributed by atoms with Gasteiger partial charge in [0.2, 0.25) is 5.91 Å². The number of hydrogen-bond donors (Lipinski definition) is 1. The number of carbonyl (C=O) groups is 2. The van der Waals surface area contributed by atoms with Crippen LogP contribution in [0.2, 0.25) is 0 Å². The van der Waals surface area contributed by atoms with Gasteiger partial charge in [0.15, 0.2) is 5.13 Å². The van der Waals surface area contributed by atoms with Crippen molar-refractivity contribution in [2.75, 3.05) is 31.5 Å². The Hall–Kier alpha value is -2.43. The summed E-state index contributed by atoms with van der Waals surface area (Å²) in [5.74, 6) is 0.754. The molecule has 1 aliphatic heterocycles. The minimum absolute atomic E-state index is 0.00694. The number of halogens is 1. The van der Waals surface area contributed by atoms with Crippen molar-refractivity contribution in [2.45, 2.75) is 16.0 Å². The topological polar surface area (TPSA) is 78.4 Å². The molecule has 1 fully saturated rings. The fourth-order valence-corrected chi connectivity index (χ4v) is 5.49. The highest BCUT2D eigenvalue weighted by molar-refractivity contribution is 9.10. The standard InChI is InChI=1S/C21H20BrN5O2S2/c1-14(28)26-9-11-27(12-10-26)20(29)15-5-2-3-6-16(15)30-19-13-23-21(31-19)25-18-8-4-7-17(22)24-18/h2-8,13H,9-12H2,1H3,(H,23,24,25). The van der Waals surface area contributed by atoms with Crippen LogP contribution in [0.4, 0.5) is 10.9 Å². The molecule has 0 unspecified atom stereocenters. The average Bonchev–Trinajstić information content (AvgIpc) is 3.20. The van der Waals surface area contributed by atoms with Crippen LogP contribution in [0.1, 0.15) is 17.3 Å². The highest BCUT2D eigenvalue weighted by atomic mass is 79.9. The maximum atomic E-state index is 13.1. The Morgan fingerprint density at radius 3 is 2.55 bits per heavy atom. The molecule has 1 aliphatic rings. The summed E-state index contributed by atoms with van der Waals surface area (Å²) in [6.45, 7) is 3.80. The third kappa shape index (κ3) is 5.44. The SMILES string of the molecule is CC(=O)N1CCN(C(=O)c2ccccc2Sc2cnc(Nc3cccc(Br)n3)s2)CC1. The molecule has 7 nitrogen and oxygen atoms in total. The van der Waals surface area contributed by atoms with Crippen molar-refractivity contribution in [1.29, 1.82) is 0 Å². The molecule has 1 aromatic carbocycles. The van der Waals surface area contributed by atoms with E-state index in [9.17, 15) is 9.59 Å². The summed E-state index contributed by atoms with van der Waals surface area (Å²) in [6, 6.07) is 13.3. The third-order valence-electron chi connectivity index (χ3n) is 4.77. The molecule has 0 saturated carbocycles. The Bertz CT molecular complexity index is 1100. The van der Waals surface area contributed by atoms with Gasteiger partial charge in [-0.2, -0.15) is 0 Å². The van der Waals surface area contributed by atoms with Crippen LogP contribution in [0.5, 0.6) is 0 Å². The molecule has 4 rings (SSSR count). The van der Waals surface area contributed by atoms with Crippen molar-refractivity contribution >= 4 is 61.8 Å². The van der Waals surface area contributed by atoms with Gasteiger partial charge in [-0.3, -0.25) is 9.59 Å². The highest BCUT2D eigenvalue weighted by Gasteiger charge is 2.25. The normalized spacial score (nSPS) is 13.9. The van der Waals surface area contributed by atoms with Gasteiger partial charge < -0.3 is 15.1 Å². The van der Waals surface area contributed by atoms with Gasteiger partial charge in [0.1, 0.15) is 10.4 Å². The van der Waals surface area contributed by atoms with Gasteiger partial charge in [0.25, 0.3) is 5.91 Å². The number of pyridine rings is 1. The summed E-state index contributed by atoms with van der Waals surface area (Å²) in [7, 11) is 0. The fraction of sp³-hybridized carbons (Fsp3) is 0.238. The first-order valence-corrected chi connectivity index (χ1v) is 12.1. The molecular weight excluding hydrogens is 498 g/mol. The van der Waals surface area contributed by atoms with Gasteiger partial charge in [-0.15, -0.1) is 0 Å². The lowest BCUT2D eigenvalue weighted by Crippen LogP contribution is -2.50. The number of nitrogens with zero attached hydrogens (tertiary/aromatic N) is 4. The maximum absolute atomic E-state index is 13.1. The van der Waals surface area contributed by atoms with Gasteiger partial charge >= 0.3 is 0 Å². The Balaban J connectivity index is 1.45. The van der Waals surface area contributed by atoms with Crippen LogP contribution in [-0.2, 0) is 4.79 Å². The summed E-state index contributed by atoms with van der Waals surface area (Å²) < 4.78 is 1.72. The first-order valence-electron chi connectivity index (χ1n) is 9.66. The molecule has 2 aromatic heterocycles. The first kappa shape index (κ1) is 21.8. The zero-order valence-corrected chi connectivity index (χ0v) is 20.0. The average molecular weight is 518 g/mol. The van der Waals surface area contributed by atoms with E-state index in [0.717, 1.165) is 18.8 Å². The van der Waals surface area contributed by atoms with Gasteiger partial charge in [-0.1, -0.05) is 41.3 Å². The molecular formula is C21H20BrN5O2S2. The second-order valence-electron chi connectivity index (χ2n) is 6.85. The van der Waals surface area contributed by atoms with E-state index < -0.39 is 0 Å². The Morgan fingerprint density at radius 1 is 1.06 bits per heavy atom. The van der Waals surface area contributed by atoms with E-state index in [1.807, 2.05) is 47.4 Å². The molecule has 10 heteroatoms. The van der Waals surface area contributed by atoms with E-state index in [4.69, 9.17) is 0 Å². The third-order valence-corrected chi connectivity index (χ3v) is 7.31. The number of benzene rings is 1. The van der Waals surface area contributed by atoms with Crippen molar-refractivity contribution < 1.29 is 9.59 Å². The molecule has 31 heavy (non-hydrogen) atoms. The van der Waals surface area contributed by atoms with Crippen molar-refractivity contribution in [3.8, 4) is 0 Å². The van der Waals surface area contributed by atoms with Crippen LogP contribution in [0.25, 0.3) is 0 Å². The van der Waals surface area contributed by atoms with Crippen LogP contribution in [0, 0.1) is 0 Å². The van der Waals surface area contributed by atoms with E-state index in [-0.39, 0.29) is 11.8 Å². The first-order chi connectivity index (χ1) is 15.0. The molecule has 1 N–H and O–H groups in total. The van der Waals surface area contributed by atoms with Gasteiger partial charge in [-0.25, -0.2) is 9.97 Å². The number of piperazine rings is 1. The molecule has 0 aliphatic carbocycles. The van der Waals surface area contributed by atoms with Gasteiger partial charge in [0.05, 0.1) is 16.0 Å². The second-order valence-corrected chi connectivity index (χ2v) is 10.0. The number of hydrogen-bond acceptors (Lipinski definition) is 7.